The minimum atomic E-state index is -3.96. The van der Waals surface area contributed by atoms with Crippen molar-refractivity contribution >= 4 is 16.3 Å². The summed E-state index contributed by atoms with van der Waals surface area (Å²) in [6.07, 6.45) is 5.55. The Labute approximate surface area is 184 Å². The monoisotopic (exact) mass is 440 g/mol. The summed E-state index contributed by atoms with van der Waals surface area (Å²) in [6, 6.07) is 19.1. The van der Waals surface area contributed by atoms with E-state index in [4.69, 9.17) is 4.74 Å². The molecule has 0 unspecified atom stereocenters. The summed E-state index contributed by atoms with van der Waals surface area (Å²) in [6.45, 7) is 0.634. The van der Waals surface area contributed by atoms with Crippen molar-refractivity contribution in [3.63, 3.8) is 0 Å². The molecule has 2 aromatic rings. The summed E-state index contributed by atoms with van der Waals surface area (Å²) in [4.78, 5) is 12.9. The van der Waals surface area contributed by atoms with Crippen molar-refractivity contribution in [2.75, 3.05) is 13.1 Å². The Balaban J connectivity index is 1.46. The van der Waals surface area contributed by atoms with Crippen LogP contribution in [-0.4, -0.2) is 36.2 Å². The lowest BCUT2D eigenvalue weighted by Gasteiger charge is -2.35. The highest BCUT2D eigenvalue weighted by atomic mass is 32.2. The lowest BCUT2D eigenvalue weighted by atomic mass is 9.69. The van der Waals surface area contributed by atoms with Gasteiger partial charge in [-0.3, -0.25) is 0 Å². The van der Waals surface area contributed by atoms with Crippen LogP contribution in [0.5, 0.6) is 0 Å². The molecular weight excluding hydrogens is 412 g/mol. The number of nitrogens with zero attached hydrogens (tertiary/aromatic N) is 2. The third-order valence-electron chi connectivity index (χ3n) is 7.22. The molecule has 1 saturated carbocycles. The summed E-state index contributed by atoms with van der Waals surface area (Å²) in [5.41, 5.74) is 1.07. The standard InChI is InChI=1S/C24H28N2O4S/c27-22(30-16-20-10-4-1-5-11-20)25-19-24(21-12-6-2-7-13-21)17-23(14-8-3-9-15-23)18-26(24)31(25,28)29/h1-2,4-7,10-13H,3,8-9,14-19H2/t24-/m0/s1. The van der Waals surface area contributed by atoms with Crippen LogP contribution < -0.4 is 0 Å². The zero-order chi connectivity index (χ0) is 21.5. The van der Waals surface area contributed by atoms with Gasteiger partial charge in [-0.2, -0.15) is 17.0 Å². The molecule has 2 heterocycles. The van der Waals surface area contributed by atoms with Gasteiger partial charge in [-0.15, -0.1) is 0 Å². The van der Waals surface area contributed by atoms with Gasteiger partial charge in [0.15, 0.2) is 0 Å². The predicted molar refractivity (Wildman–Crippen MR) is 117 cm³/mol. The van der Waals surface area contributed by atoms with Gasteiger partial charge >= 0.3 is 16.3 Å². The molecule has 1 aliphatic carbocycles. The molecule has 0 bridgehead atoms. The van der Waals surface area contributed by atoms with E-state index in [1.165, 1.54) is 6.42 Å². The molecule has 7 heteroatoms. The van der Waals surface area contributed by atoms with E-state index in [1.807, 2.05) is 60.7 Å². The lowest BCUT2D eigenvalue weighted by Crippen LogP contribution is -2.40. The van der Waals surface area contributed by atoms with E-state index in [0.717, 1.165) is 47.5 Å². The molecule has 164 valence electrons. The number of rotatable bonds is 3. The van der Waals surface area contributed by atoms with Crippen LogP contribution in [0, 0.1) is 5.41 Å². The second-order valence-corrected chi connectivity index (χ2v) is 11.0. The Morgan fingerprint density at radius 3 is 2.23 bits per heavy atom. The number of amides is 1. The van der Waals surface area contributed by atoms with Crippen LogP contribution >= 0.6 is 0 Å². The Morgan fingerprint density at radius 2 is 1.55 bits per heavy atom. The van der Waals surface area contributed by atoms with E-state index in [0.29, 0.717) is 6.54 Å². The molecule has 3 aliphatic rings. The quantitative estimate of drug-likeness (QED) is 0.708. The van der Waals surface area contributed by atoms with Crippen LogP contribution in [0.1, 0.15) is 49.7 Å². The second-order valence-electron chi connectivity index (χ2n) is 9.20. The van der Waals surface area contributed by atoms with Crippen molar-refractivity contribution in [2.45, 2.75) is 50.7 Å². The van der Waals surface area contributed by atoms with Gasteiger partial charge in [0.05, 0.1) is 12.1 Å². The highest BCUT2D eigenvalue weighted by Gasteiger charge is 2.65. The molecule has 6 nitrogen and oxygen atoms in total. The van der Waals surface area contributed by atoms with E-state index < -0.39 is 21.8 Å². The maximum absolute atomic E-state index is 13.6. The predicted octanol–water partition coefficient (Wildman–Crippen LogP) is 4.44. The third-order valence-corrected chi connectivity index (χ3v) is 9.09. The second kappa shape index (κ2) is 7.64. The molecule has 3 fully saturated rings. The lowest BCUT2D eigenvalue weighted by molar-refractivity contribution is 0.114. The molecule has 2 aliphatic heterocycles. The number of carbonyl (C=O) groups is 1. The van der Waals surface area contributed by atoms with Crippen LogP contribution in [0.15, 0.2) is 60.7 Å². The van der Waals surface area contributed by atoms with E-state index in [1.54, 1.807) is 4.31 Å². The van der Waals surface area contributed by atoms with Gasteiger partial charge in [0, 0.05) is 6.54 Å². The minimum absolute atomic E-state index is 0.00119. The summed E-state index contributed by atoms with van der Waals surface area (Å²) in [7, 11) is -3.96. The Bertz CT molecular complexity index is 1050. The van der Waals surface area contributed by atoms with Crippen molar-refractivity contribution in [3.05, 3.63) is 71.8 Å². The van der Waals surface area contributed by atoms with Crippen LogP contribution in [0.3, 0.4) is 0 Å². The Morgan fingerprint density at radius 1 is 0.903 bits per heavy atom. The van der Waals surface area contributed by atoms with E-state index >= 15 is 0 Å². The molecule has 1 atom stereocenters. The first-order chi connectivity index (χ1) is 15.0. The van der Waals surface area contributed by atoms with E-state index in [9.17, 15) is 13.2 Å². The van der Waals surface area contributed by atoms with Crippen LogP contribution in [0.2, 0.25) is 0 Å². The van der Waals surface area contributed by atoms with Gasteiger partial charge in [0.25, 0.3) is 0 Å². The molecule has 31 heavy (non-hydrogen) atoms. The maximum atomic E-state index is 13.6. The third kappa shape index (κ3) is 3.44. The number of carbonyl (C=O) groups excluding carboxylic acids is 1. The molecule has 0 radical (unpaired) electrons. The molecular formula is C24H28N2O4S. The fourth-order valence-corrected chi connectivity index (χ4v) is 7.73. The largest absolute Gasteiger partial charge is 0.444 e. The number of fused-ring (bicyclic) bond motifs is 1. The molecule has 1 spiro atoms. The van der Waals surface area contributed by atoms with Crippen molar-refractivity contribution in [3.8, 4) is 0 Å². The smallest absolute Gasteiger partial charge is 0.425 e. The van der Waals surface area contributed by atoms with Crippen molar-refractivity contribution in [1.29, 1.82) is 0 Å². The van der Waals surface area contributed by atoms with Gasteiger partial charge in [-0.25, -0.2) is 4.79 Å². The maximum Gasteiger partial charge on any atom is 0.425 e. The fraction of sp³-hybridized carbons (Fsp3) is 0.458. The zero-order valence-corrected chi connectivity index (χ0v) is 18.4. The number of benzene rings is 2. The number of hydrogen-bond acceptors (Lipinski definition) is 4. The van der Waals surface area contributed by atoms with Crippen molar-refractivity contribution < 1.29 is 17.9 Å². The van der Waals surface area contributed by atoms with Crippen LogP contribution in [-0.2, 0) is 27.1 Å². The Kier molecular flexibility index (Phi) is 5.06. The molecule has 5 rings (SSSR count). The topological polar surface area (TPSA) is 66.9 Å². The fourth-order valence-electron chi connectivity index (χ4n) is 5.77. The SMILES string of the molecule is O=C(OCc1ccccc1)N1C[C@]2(c3ccccc3)CC3(CCCCC3)CN2S1(=O)=O. The average molecular weight is 441 g/mol. The van der Waals surface area contributed by atoms with Crippen LogP contribution in [0.4, 0.5) is 4.79 Å². The normalized spacial score (nSPS) is 26.6. The summed E-state index contributed by atoms with van der Waals surface area (Å²) in [5, 5.41) is 0. The number of hydrogen-bond donors (Lipinski definition) is 0. The highest BCUT2D eigenvalue weighted by Crippen LogP contribution is 2.58. The number of ether oxygens (including phenoxy) is 1. The first-order valence-corrected chi connectivity index (χ1v) is 12.4. The molecule has 0 aromatic heterocycles. The summed E-state index contributed by atoms with van der Waals surface area (Å²) in [5.74, 6) is 0. The summed E-state index contributed by atoms with van der Waals surface area (Å²) < 4.78 is 35.1. The van der Waals surface area contributed by atoms with Gasteiger partial charge in [0.1, 0.15) is 6.61 Å². The first kappa shape index (κ1) is 20.5. The zero-order valence-electron chi connectivity index (χ0n) is 17.6. The van der Waals surface area contributed by atoms with E-state index in [-0.39, 0.29) is 18.6 Å². The minimum Gasteiger partial charge on any atom is -0.444 e. The average Bonchev–Trinajstić information content (AvgIpc) is 3.23. The highest BCUT2D eigenvalue weighted by molar-refractivity contribution is 7.87. The first-order valence-electron chi connectivity index (χ1n) is 11.0. The van der Waals surface area contributed by atoms with E-state index in [2.05, 4.69) is 0 Å². The Hall–Kier alpha value is -2.38. The molecule has 1 amide bonds. The van der Waals surface area contributed by atoms with Gasteiger partial charge < -0.3 is 4.74 Å². The van der Waals surface area contributed by atoms with Gasteiger partial charge in [-0.1, -0.05) is 79.9 Å². The van der Waals surface area contributed by atoms with Gasteiger partial charge in [0.2, 0.25) is 0 Å². The van der Waals surface area contributed by atoms with Crippen LogP contribution in [0.25, 0.3) is 0 Å². The summed E-state index contributed by atoms with van der Waals surface area (Å²) >= 11 is 0. The molecule has 0 N–H and O–H groups in total. The molecule has 2 aromatic carbocycles. The van der Waals surface area contributed by atoms with Gasteiger partial charge in [-0.05, 0) is 35.8 Å². The molecule has 2 saturated heterocycles. The van der Waals surface area contributed by atoms with Crippen molar-refractivity contribution in [2.24, 2.45) is 5.41 Å². The van der Waals surface area contributed by atoms with Crippen molar-refractivity contribution in [1.82, 2.24) is 8.61 Å².